The normalized spacial score (nSPS) is 10.2. The van der Waals surface area contributed by atoms with Crippen LogP contribution in [0.5, 0.6) is 0 Å². The molecule has 3 N–H and O–H groups in total. The summed E-state index contributed by atoms with van der Waals surface area (Å²) in [6.45, 7) is 2.48. The Bertz CT molecular complexity index is 486. The van der Waals surface area contributed by atoms with Crippen LogP contribution in [0.15, 0.2) is 0 Å². The van der Waals surface area contributed by atoms with E-state index < -0.39 is 0 Å². The van der Waals surface area contributed by atoms with Crippen molar-refractivity contribution in [3.8, 4) is 0 Å². The molecule has 8 heteroatoms. The second-order valence-electron chi connectivity index (χ2n) is 4.51. The fraction of sp³-hybridized carbons (Fsp3) is 0.583. The smallest absolute Gasteiger partial charge is 0.268 e. The lowest BCUT2D eigenvalue weighted by atomic mass is 10.3. The molecule has 1 rings (SSSR count). The fourth-order valence-electron chi connectivity index (χ4n) is 1.58. The van der Waals surface area contributed by atoms with Crippen molar-refractivity contribution in [2.24, 2.45) is 0 Å². The third-order valence-electron chi connectivity index (χ3n) is 2.61. The van der Waals surface area contributed by atoms with E-state index in [9.17, 15) is 9.59 Å². The summed E-state index contributed by atoms with van der Waals surface area (Å²) in [5.74, 6) is -0.247. The van der Waals surface area contributed by atoms with Gasteiger partial charge in [-0.2, -0.15) is 0 Å². The number of aromatic nitrogens is 1. The van der Waals surface area contributed by atoms with Crippen LogP contribution in [0.2, 0.25) is 0 Å². The Hall–Kier alpha value is -1.83. The molecule has 0 aliphatic rings. The van der Waals surface area contributed by atoms with Crippen LogP contribution >= 0.6 is 11.3 Å². The van der Waals surface area contributed by atoms with Crippen LogP contribution in [0.1, 0.15) is 23.0 Å². The van der Waals surface area contributed by atoms with Gasteiger partial charge in [-0.05, 0) is 6.42 Å². The molecular formula is C12H21N5O2S. The van der Waals surface area contributed by atoms with Gasteiger partial charge in [0.2, 0.25) is 5.91 Å². The van der Waals surface area contributed by atoms with Crippen LogP contribution in [0.4, 0.5) is 10.9 Å². The summed E-state index contributed by atoms with van der Waals surface area (Å²) in [5.41, 5.74) is 5.80. The molecule has 0 spiro atoms. The van der Waals surface area contributed by atoms with E-state index in [0.29, 0.717) is 16.6 Å². The minimum atomic E-state index is -0.251. The van der Waals surface area contributed by atoms with Crippen molar-refractivity contribution in [2.45, 2.75) is 13.3 Å². The Morgan fingerprint density at radius 3 is 2.50 bits per heavy atom. The van der Waals surface area contributed by atoms with Crippen molar-refractivity contribution in [3.05, 3.63) is 4.88 Å². The van der Waals surface area contributed by atoms with Gasteiger partial charge in [-0.15, -0.1) is 0 Å². The number of anilines is 2. The lowest BCUT2D eigenvalue weighted by molar-refractivity contribution is -0.121. The van der Waals surface area contributed by atoms with Crippen LogP contribution < -0.4 is 16.0 Å². The van der Waals surface area contributed by atoms with Gasteiger partial charge in [0.25, 0.3) is 5.91 Å². The maximum atomic E-state index is 12.5. The molecule has 0 aliphatic heterocycles. The lowest BCUT2D eigenvalue weighted by Crippen LogP contribution is -2.40. The van der Waals surface area contributed by atoms with Crippen LogP contribution in [-0.4, -0.2) is 55.9 Å². The number of amides is 2. The molecule has 0 radical (unpaired) electrons. The number of nitrogens with zero attached hydrogens (tertiary/aromatic N) is 3. The Labute approximate surface area is 122 Å². The highest BCUT2D eigenvalue weighted by Crippen LogP contribution is 2.27. The Morgan fingerprint density at radius 2 is 2.05 bits per heavy atom. The average molecular weight is 299 g/mol. The van der Waals surface area contributed by atoms with Gasteiger partial charge >= 0.3 is 0 Å². The summed E-state index contributed by atoms with van der Waals surface area (Å²) in [6, 6.07) is 0. The van der Waals surface area contributed by atoms with Gasteiger partial charge in [0.15, 0.2) is 5.13 Å². The number of rotatable bonds is 6. The van der Waals surface area contributed by atoms with Crippen molar-refractivity contribution in [2.75, 3.05) is 44.9 Å². The lowest BCUT2D eigenvalue weighted by Gasteiger charge is -2.20. The second-order valence-corrected chi connectivity index (χ2v) is 5.48. The van der Waals surface area contributed by atoms with Gasteiger partial charge < -0.3 is 20.9 Å². The predicted octanol–water partition coefficient (Wildman–Crippen LogP) is 0.390. The van der Waals surface area contributed by atoms with Gasteiger partial charge in [0, 0.05) is 27.7 Å². The monoisotopic (exact) mass is 299 g/mol. The number of hydrogen-bond acceptors (Lipinski definition) is 6. The molecule has 0 aromatic carbocycles. The van der Waals surface area contributed by atoms with Crippen molar-refractivity contribution < 1.29 is 9.59 Å². The molecule has 1 aromatic rings. The van der Waals surface area contributed by atoms with E-state index in [0.717, 1.165) is 6.42 Å². The van der Waals surface area contributed by atoms with E-state index in [1.807, 2.05) is 21.0 Å². The van der Waals surface area contributed by atoms with Gasteiger partial charge in [-0.3, -0.25) is 9.59 Å². The highest BCUT2D eigenvalue weighted by molar-refractivity contribution is 7.18. The SMILES string of the molecule is CCCN(CC(=O)NC)C(=O)c1sc(N(C)C)nc1N. The fourth-order valence-corrected chi connectivity index (χ4v) is 2.46. The highest BCUT2D eigenvalue weighted by Gasteiger charge is 2.23. The quantitative estimate of drug-likeness (QED) is 0.793. The molecule has 2 amide bonds. The summed E-state index contributed by atoms with van der Waals surface area (Å²) in [6.07, 6.45) is 0.766. The summed E-state index contributed by atoms with van der Waals surface area (Å²) >= 11 is 1.23. The van der Waals surface area contributed by atoms with Gasteiger partial charge in [0.1, 0.15) is 10.7 Å². The molecule has 7 nitrogen and oxygen atoms in total. The predicted molar refractivity (Wildman–Crippen MR) is 81.1 cm³/mol. The number of carbonyl (C=O) groups excluding carboxylic acids is 2. The van der Waals surface area contributed by atoms with E-state index in [1.165, 1.54) is 16.2 Å². The van der Waals surface area contributed by atoms with Crippen LogP contribution in [0.3, 0.4) is 0 Å². The Kier molecular flexibility index (Phi) is 5.75. The van der Waals surface area contributed by atoms with E-state index in [-0.39, 0.29) is 24.2 Å². The summed E-state index contributed by atoms with van der Waals surface area (Å²) in [7, 11) is 5.21. The van der Waals surface area contributed by atoms with E-state index in [1.54, 1.807) is 11.9 Å². The third-order valence-corrected chi connectivity index (χ3v) is 3.84. The van der Waals surface area contributed by atoms with Crippen molar-refractivity contribution in [1.82, 2.24) is 15.2 Å². The zero-order chi connectivity index (χ0) is 15.3. The molecule has 20 heavy (non-hydrogen) atoms. The highest BCUT2D eigenvalue weighted by atomic mass is 32.1. The first-order chi connectivity index (χ1) is 9.40. The Balaban J connectivity index is 2.96. The van der Waals surface area contributed by atoms with Crippen LogP contribution in [0.25, 0.3) is 0 Å². The first-order valence-electron chi connectivity index (χ1n) is 6.34. The minimum Gasteiger partial charge on any atom is -0.382 e. The number of nitrogen functional groups attached to an aromatic ring is 1. The number of thiazole rings is 1. The maximum absolute atomic E-state index is 12.5. The number of carbonyl (C=O) groups is 2. The van der Waals surface area contributed by atoms with Crippen molar-refractivity contribution >= 4 is 34.1 Å². The molecule has 0 saturated carbocycles. The average Bonchev–Trinajstić information content (AvgIpc) is 2.79. The van der Waals surface area contributed by atoms with Crippen molar-refractivity contribution in [3.63, 3.8) is 0 Å². The third kappa shape index (κ3) is 3.83. The molecular weight excluding hydrogens is 278 g/mol. The number of hydrogen-bond donors (Lipinski definition) is 2. The van der Waals surface area contributed by atoms with Crippen LogP contribution in [-0.2, 0) is 4.79 Å². The topological polar surface area (TPSA) is 91.6 Å². The summed E-state index contributed by atoms with van der Waals surface area (Å²) in [4.78, 5) is 31.7. The number of nitrogens with one attached hydrogen (secondary N) is 1. The zero-order valence-electron chi connectivity index (χ0n) is 12.3. The van der Waals surface area contributed by atoms with E-state index >= 15 is 0 Å². The molecule has 0 bridgehead atoms. The minimum absolute atomic E-state index is 0.0256. The summed E-state index contributed by atoms with van der Waals surface area (Å²) < 4.78 is 0. The standard InChI is InChI=1S/C12H21N5O2S/c1-5-6-17(7-8(18)14-2)11(19)9-10(13)15-12(20-9)16(3)4/h5-7,13H2,1-4H3,(H,14,18). The molecule has 0 fully saturated rings. The van der Waals surface area contributed by atoms with E-state index in [2.05, 4.69) is 10.3 Å². The maximum Gasteiger partial charge on any atom is 0.268 e. The first kappa shape index (κ1) is 16.2. The molecule has 0 aliphatic carbocycles. The van der Waals surface area contributed by atoms with Crippen molar-refractivity contribution in [1.29, 1.82) is 0 Å². The molecule has 0 atom stereocenters. The van der Waals surface area contributed by atoms with Crippen LogP contribution in [0, 0.1) is 0 Å². The van der Waals surface area contributed by atoms with Gasteiger partial charge in [0.05, 0.1) is 6.54 Å². The molecule has 112 valence electrons. The zero-order valence-corrected chi connectivity index (χ0v) is 13.1. The number of likely N-dealkylation sites (N-methyl/N-ethyl adjacent to an activating group) is 1. The molecule has 1 heterocycles. The summed E-state index contributed by atoms with van der Waals surface area (Å²) in [5, 5.41) is 3.18. The molecule has 0 unspecified atom stereocenters. The van der Waals surface area contributed by atoms with E-state index in [4.69, 9.17) is 5.73 Å². The second kappa shape index (κ2) is 7.09. The molecule has 1 aromatic heterocycles. The number of nitrogens with two attached hydrogens (primary N) is 1. The van der Waals surface area contributed by atoms with Gasteiger partial charge in [-0.25, -0.2) is 4.98 Å². The largest absolute Gasteiger partial charge is 0.382 e. The van der Waals surface area contributed by atoms with Gasteiger partial charge in [-0.1, -0.05) is 18.3 Å². The Morgan fingerprint density at radius 1 is 1.40 bits per heavy atom. The first-order valence-corrected chi connectivity index (χ1v) is 7.15. The molecule has 0 saturated heterocycles.